The van der Waals surface area contributed by atoms with E-state index in [1.807, 2.05) is 0 Å². The van der Waals surface area contributed by atoms with Crippen molar-refractivity contribution in [2.75, 3.05) is 0 Å². The van der Waals surface area contributed by atoms with Gasteiger partial charge in [-0.15, -0.1) is 0 Å². The van der Waals surface area contributed by atoms with E-state index in [0.717, 1.165) is 11.2 Å². The fraction of sp³-hybridized carbons (Fsp3) is 1.00. The normalized spacial score (nSPS) is 30.0. The molecule has 0 aromatic rings. The molecule has 0 amide bonds. The van der Waals surface area contributed by atoms with Gasteiger partial charge in [0.2, 0.25) is 0 Å². The lowest BCUT2D eigenvalue weighted by molar-refractivity contribution is 0.259. The lowest BCUT2D eigenvalue weighted by atomic mass is 9.41. The third kappa shape index (κ3) is 5.93. The third-order valence-corrected chi connectivity index (χ3v) is 6.85. The Kier molecular flexibility index (Phi) is 9.01. The maximum absolute atomic E-state index is 2.39. The van der Waals surface area contributed by atoms with Crippen molar-refractivity contribution in [2.24, 2.45) is 5.92 Å². The van der Waals surface area contributed by atoms with E-state index in [9.17, 15) is 0 Å². The van der Waals surface area contributed by atoms with Gasteiger partial charge in [-0.1, -0.05) is 128 Å². The van der Waals surface area contributed by atoms with Crippen molar-refractivity contribution in [1.82, 2.24) is 0 Å². The first-order valence-electron chi connectivity index (χ1n) is 10.9. The van der Waals surface area contributed by atoms with Crippen LogP contribution in [0.25, 0.3) is 0 Å². The highest BCUT2D eigenvalue weighted by Crippen LogP contribution is 2.51. The van der Waals surface area contributed by atoms with Gasteiger partial charge >= 0.3 is 0 Å². The smallest absolute Gasteiger partial charge is 0.0769 e. The molecule has 1 atom stereocenters. The predicted octanol–water partition coefficient (Wildman–Crippen LogP) is 7.29. The Morgan fingerprint density at radius 3 is 2.05 bits per heavy atom. The van der Waals surface area contributed by atoms with Crippen LogP contribution in [0, 0.1) is 5.92 Å². The average Bonchev–Trinajstić information content (AvgIpc) is 2.75. The molecule has 2 rings (SSSR count). The summed E-state index contributed by atoms with van der Waals surface area (Å²) in [6.45, 7) is 2.39. The summed E-state index contributed by atoms with van der Waals surface area (Å²) < 4.78 is 0. The average molecular weight is 304 g/mol. The van der Waals surface area contributed by atoms with Crippen LogP contribution in [0.4, 0.5) is 0 Å². The Morgan fingerprint density at radius 2 is 1.36 bits per heavy atom. The highest BCUT2D eigenvalue weighted by atomic mass is 14.4. The van der Waals surface area contributed by atoms with Crippen LogP contribution in [-0.2, 0) is 0 Å². The Labute approximate surface area is 141 Å². The summed E-state index contributed by atoms with van der Waals surface area (Å²) in [6.07, 6.45) is 27.3. The van der Waals surface area contributed by atoms with E-state index in [1.165, 1.54) is 89.8 Å². The quantitative estimate of drug-likeness (QED) is 0.478. The molecule has 1 unspecified atom stereocenters. The number of rotatable bonds is 4. The van der Waals surface area contributed by atoms with Crippen molar-refractivity contribution >= 4 is 7.28 Å². The van der Waals surface area contributed by atoms with E-state index in [0.29, 0.717) is 0 Å². The lowest BCUT2D eigenvalue weighted by Crippen LogP contribution is -2.30. The molecule has 1 saturated carbocycles. The summed E-state index contributed by atoms with van der Waals surface area (Å²) in [5.41, 5.74) is 0. The first kappa shape index (κ1) is 18.4. The highest BCUT2D eigenvalue weighted by molar-refractivity contribution is 6.40. The number of hydrogen-bond donors (Lipinski definition) is 0. The van der Waals surface area contributed by atoms with E-state index >= 15 is 0 Å². The highest BCUT2D eigenvalue weighted by Gasteiger charge is 2.37. The standard InChI is InChI=1S/C21H41B/c1-2-3-17-21(18-13-9-6-10-14-19-22-21)20-15-11-7-4-5-8-12-16-20/h20,22H,2-19H2,1H3. The van der Waals surface area contributed by atoms with Crippen LogP contribution in [0.3, 0.4) is 0 Å². The van der Waals surface area contributed by atoms with Gasteiger partial charge < -0.3 is 0 Å². The van der Waals surface area contributed by atoms with Gasteiger partial charge in [0.05, 0.1) is 0 Å². The van der Waals surface area contributed by atoms with Crippen LogP contribution >= 0.6 is 0 Å². The SMILES string of the molecule is CCCCC1(C2CCCCCCCC2)BCCCCCCC1. The Bertz CT molecular complexity index is 253. The summed E-state index contributed by atoms with van der Waals surface area (Å²) in [7, 11) is 1.57. The maximum Gasteiger partial charge on any atom is 0.128 e. The van der Waals surface area contributed by atoms with E-state index in [-0.39, 0.29) is 0 Å². The number of unbranched alkanes of at least 4 members (excludes halogenated alkanes) is 1. The second kappa shape index (κ2) is 10.8. The van der Waals surface area contributed by atoms with Gasteiger partial charge in [-0.3, -0.25) is 0 Å². The van der Waals surface area contributed by atoms with E-state index in [1.54, 1.807) is 33.0 Å². The minimum Gasteiger partial charge on any atom is -0.0769 e. The molecule has 1 aliphatic heterocycles. The molecule has 0 aromatic carbocycles. The Balaban J connectivity index is 2.07. The van der Waals surface area contributed by atoms with Gasteiger partial charge in [-0.25, -0.2) is 0 Å². The first-order chi connectivity index (χ1) is 10.9. The molecule has 1 saturated heterocycles. The van der Waals surface area contributed by atoms with Crippen LogP contribution < -0.4 is 0 Å². The second-order valence-corrected chi connectivity index (χ2v) is 8.48. The zero-order chi connectivity index (χ0) is 15.5. The van der Waals surface area contributed by atoms with Crippen LogP contribution in [-0.4, -0.2) is 7.28 Å². The molecule has 0 spiro atoms. The summed E-state index contributed by atoms with van der Waals surface area (Å²) in [5.74, 6) is 1.07. The molecule has 0 radical (unpaired) electrons. The molecule has 1 heteroatoms. The van der Waals surface area contributed by atoms with Crippen LogP contribution in [0.1, 0.15) is 116 Å². The van der Waals surface area contributed by atoms with E-state index in [4.69, 9.17) is 0 Å². The molecular formula is C21H41B. The fourth-order valence-corrected chi connectivity index (χ4v) is 5.42. The minimum absolute atomic E-state index is 0.741. The zero-order valence-corrected chi connectivity index (χ0v) is 15.5. The van der Waals surface area contributed by atoms with Gasteiger partial charge in [0.15, 0.2) is 0 Å². The van der Waals surface area contributed by atoms with Crippen molar-refractivity contribution in [3.8, 4) is 0 Å². The van der Waals surface area contributed by atoms with Crippen molar-refractivity contribution < 1.29 is 0 Å². The Morgan fingerprint density at radius 1 is 0.773 bits per heavy atom. The van der Waals surface area contributed by atoms with Crippen LogP contribution in [0.2, 0.25) is 11.6 Å². The topological polar surface area (TPSA) is 0 Å². The maximum atomic E-state index is 2.39. The van der Waals surface area contributed by atoms with Gasteiger partial charge in [0.1, 0.15) is 7.28 Å². The monoisotopic (exact) mass is 304 g/mol. The number of hydrogen-bond acceptors (Lipinski definition) is 0. The molecule has 2 fully saturated rings. The van der Waals surface area contributed by atoms with Gasteiger partial charge in [0.25, 0.3) is 0 Å². The molecule has 0 bridgehead atoms. The van der Waals surface area contributed by atoms with Gasteiger partial charge in [0, 0.05) is 0 Å². The molecule has 2 aliphatic rings. The minimum atomic E-state index is 0.741. The fourth-order valence-electron chi connectivity index (χ4n) is 5.42. The summed E-state index contributed by atoms with van der Waals surface area (Å²) >= 11 is 0. The zero-order valence-electron chi connectivity index (χ0n) is 15.5. The molecule has 0 nitrogen and oxygen atoms in total. The molecule has 1 heterocycles. The summed E-state index contributed by atoms with van der Waals surface area (Å²) in [4.78, 5) is 0. The van der Waals surface area contributed by atoms with Crippen molar-refractivity contribution in [1.29, 1.82) is 0 Å². The summed E-state index contributed by atoms with van der Waals surface area (Å²) in [5, 5.41) is 0.741. The molecule has 0 aromatic heterocycles. The van der Waals surface area contributed by atoms with E-state index in [2.05, 4.69) is 6.92 Å². The van der Waals surface area contributed by atoms with Crippen LogP contribution in [0.15, 0.2) is 0 Å². The van der Waals surface area contributed by atoms with Crippen molar-refractivity contribution in [2.45, 2.75) is 128 Å². The first-order valence-corrected chi connectivity index (χ1v) is 10.9. The van der Waals surface area contributed by atoms with Crippen molar-refractivity contribution in [3.63, 3.8) is 0 Å². The summed E-state index contributed by atoms with van der Waals surface area (Å²) in [6, 6.07) is 0. The second-order valence-electron chi connectivity index (χ2n) is 8.48. The van der Waals surface area contributed by atoms with Crippen LogP contribution in [0.5, 0.6) is 0 Å². The third-order valence-electron chi connectivity index (χ3n) is 6.85. The van der Waals surface area contributed by atoms with Gasteiger partial charge in [-0.2, -0.15) is 0 Å². The largest absolute Gasteiger partial charge is 0.128 e. The Hall–Kier alpha value is 0.0649. The van der Waals surface area contributed by atoms with E-state index < -0.39 is 0 Å². The molecule has 22 heavy (non-hydrogen) atoms. The molecule has 128 valence electrons. The lowest BCUT2D eigenvalue weighted by Gasteiger charge is -2.42. The van der Waals surface area contributed by atoms with Gasteiger partial charge in [-0.05, 0) is 5.92 Å². The molecule has 1 aliphatic carbocycles. The van der Waals surface area contributed by atoms with Crippen molar-refractivity contribution in [3.05, 3.63) is 0 Å². The molecular weight excluding hydrogens is 263 g/mol. The predicted molar refractivity (Wildman–Crippen MR) is 102 cm³/mol. The molecule has 0 N–H and O–H groups in total.